The first-order chi connectivity index (χ1) is 18.3. The smallest absolute Gasteiger partial charge is 0.148 e. The number of nitroso groups, excluding NO2 is 1. The molecule has 7 atom stereocenters. The van der Waals surface area contributed by atoms with Crippen molar-refractivity contribution in [3.63, 3.8) is 0 Å². The van der Waals surface area contributed by atoms with Crippen LogP contribution >= 0.6 is 0 Å². The van der Waals surface area contributed by atoms with Gasteiger partial charge in [0.25, 0.3) is 0 Å². The van der Waals surface area contributed by atoms with Gasteiger partial charge in [0, 0.05) is 24.7 Å². The molecule has 0 amide bonds. The number of alkyl halides is 1. The lowest BCUT2D eigenvalue weighted by molar-refractivity contribution is -0.130. The van der Waals surface area contributed by atoms with Crippen molar-refractivity contribution in [3.8, 4) is 11.8 Å². The van der Waals surface area contributed by atoms with Crippen LogP contribution in [0.25, 0.3) is 0 Å². The van der Waals surface area contributed by atoms with Crippen LogP contribution in [0.4, 0.5) is 10.1 Å². The monoisotopic (exact) mass is 514 g/mol. The molecule has 1 aliphatic heterocycles. The van der Waals surface area contributed by atoms with Crippen LogP contribution in [0.3, 0.4) is 0 Å². The number of anilines is 1. The maximum Gasteiger partial charge on any atom is 0.148 e. The first-order valence-electron chi connectivity index (χ1n) is 14.5. The molecule has 6 rings (SSSR count). The second kappa shape index (κ2) is 9.47. The average molecular weight is 515 g/mol. The number of ketones is 1. The molecule has 4 nitrogen and oxygen atoms in total. The largest absolute Gasteiger partial charge is 0.372 e. The number of carbonyl (C=O) groups excluding carboxylic acids is 1. The zero-order chi connectivity index (χ0) is 26.7. The standard InChI is InChI=1S/C33H39FN2O2/c1-4-14-33(21(2)37)15-13-29-27-19-30(34)26-18-23(35-38)9-12-25(26)31(27)28(20-32(29,33)3)22-7-10-24(11-8-22)36-16-5-6-17-36/h7-8,10-11,18,23,27-30H,5-6,9,12-13,15-17,19-20H2,1-3H3/t23?,27-,28?,29-,30?,32-,33+/m0/s1. The van der Waals surface area contributed by atoms with Gasteiger partial charge in [-0.25, -0.2) is 4.39 Å². The fourth-order valence-corrected chi connectivity index (χ4v) is 9.14. The Morgan fingerprint density at radius 2 is 1.89 bits per heavy atom. The summed E-state index contributed by atoms with van der Waals surface area (Å²) in [6, 6.07) is 8.60. The van der Waals surface area contributed by atoms with E-state index in [4.69, 9.17) is 0 Å². The van der Waals surface area contributed by atoms with E-state index in [2.05, 4.69) is 53.1 Å². The number of fused-ring (bicyclic) bond motifs is 4. The van der Waals surface area contributed by atoms with Crippen molar-refractivity contribution in [2.24, 2.45) is 27.8 Å². The van der Waals surface area contributed by atoms with Crippen molar-refractivity contribution in [2.45, 2.75) is 90.3 Å². The van der Waals surface area contributed by atoms with Crippen molar-refractivity contribution in [2.75, 3.05) is 18.0 Å². The Bertz CT molecular complexity index is 1260. The number of rotatable bonds is 4. The number of hydrogen-bond donors (Lipinski definition) is 0. The van der Waals surface area contributed by atoms with Gasteiger partial charge in [-0.1, -0.05) is 41.8 Å². The first-order valence-corrected chi connectivity index (χ1v) is 14.5. The third kappa shape index (κ3) is 3.66. The Labute approximate surface area is 226 Å². The summed E-state index contributed by atoms with van der Waals surface area (Å²) in [4.78, 5) is 27.1. The maximum absolute atomic E-state index is 15.9. The van der Waals surface area contributed by atoms with E-state index >= 15 is 4.39 Å². The highest BCUT2D eigenvalue weighted by molar-refractivity contribution is 5.87. The van der Waals surface area contributed by atoms with Gasteiger partial charge in [0.2, 0.25) is 0 Å². The van der Waals surface area contributed by atoms with Crippen LogP contribution in [0.15, 0.2) is 52.2 Å². The molecule has 1 aromatic carbocycles. The second-order valence-electron chi connectivity index (χ2n) is 12.5. The summed E-state index contributed by atoms with van der Waals surface area (Å²) < 4.78 is 15.9. The lowest BCUT2D eigenvalue weighted by Crippen LogP contribution is -2.51. The summed E-state index contributed by atoms with van der Waals surface area (Å²) >= 11 is 0. The topological polar surface area (TPSA) is 49.7 Å². The third-order valence-electron chi connectivity index (χ3n) is 10.9. The van der Waals surface area contributed by atoms with E-state index in [1.54, 1.807) is 13.0 Å². The Balaban J connectivity index is 1.50. The lowest BCUT2D eigenvalue weighted by atomic mass is 9.48. The molecule has 2 saturated carbocycles. The number of carbonyl (C=O) groups is 1. The van der Waals surface area contributed by atoms with E-state index in [1.807, 2.05) is 6.92 Å². The SMILES string of the molecule is CC#C[C@]1(C(C)=O)CC[C@H]2[C@@H]3CC(F)C4=CC(N=O)CCC4=C3C(c3ccc(N4CCCC4)cc3)C[C@@]21C. The molecule has 5 aliphatic rings. The van der Waals surface area contributed by atoms with E-state index in [-0.39, 0.29) is 29.0 Å². The Hall–Kier alpha value is -2.74. The second-order valence-corrected chi connectivity index (χ2v) is 12.5. The van der Waals surface area contributed by atoms with E-state index in [1.165, 1.54) is 29.7 Å². The summed E-state index contributed by atoms with van der Waals surface area (Å²) in [6.07, 6.45) is 7.45. The molecule has 5 heteroatoms. The van der Waals surface area contributed by atoms with Gasteiger partial charge >= 0.3 is 0 Å². The Morgan fingerprint density at radius 1 is 1.16 bits per heavy atom. The van der Waals surface area contributed by atoms with E-state index in [9.17, 15) is 9.70 Å². The molecular formula is C33H39FN2O2. The molecule has 3 fully saturated rings. The summed E-state index contributed by atoms with van der Waals surface area (Å²) in [6.45, 7) is 8.03. The van der Waals surface area contributed by atoms with Crippen molar-refractivity contribution in [1.82, 2.24) is 0 Å². The molecule has 200 valence electrons. The van der Waals surface area contributed by atoms with E-state index in [0.29, 0.717) is 24.8 Å². The molecule has 0 aromatic heterocycles. The quantitative estimate of drug-likeness (QED) is 0.313. The molecule has 1 heterocycles. The highest BCUT2D eigenvalue weighted by Crippen LogP contribution is 2.69. The summed E-state index contributed by atoms with van der Waals surface area (Å²) in [5.41, 5.74) is 4.72. The molecule has 0 bridgehead atoms. The van der Waals surface area contributed by atoms with Gasteiger partial charge in [0.05, 0.1) is 5.41 Å². The van der Waals surface area contributed by atoms with Gasteiger partial charge in [-0.2, -0.15) is 4.91 Å². The Kier molecular flexibility index (Phi) is 6.36. The van der Waals surface area contributed by atoms with Gasteiger partial charge in [-0.15, -0.1) is 5.92 Å². The average Bonchev–Trinajstić information content (AvgIpc) is 3.56. The van der Waals surface area contributed by atoms with Gasteiger partial charge in [-0.3, -0.25) is 4.79 Å². The van der Waals surface area contributed by atoms with Crippen LogP contribution in [0.2, 0.25) is 0 Å². The highest BCUT2D eigenvalue weighted by Gasteiger charge is 2.65. The fraction of sp³-hybridized carbons (Fsp3) is 0.606. The van der Waals surface area contributed by atoms with Gasteiger partial charge in [0.15, 0.2) is 0 Å². The molecule has 0 radical (unpaired) electrons. The summed E-state index contributed by atoms with van der Waals surface area (Å²) in [7, 11) is 0. The van der Waals surface area contributed by atoms with E-state index in [0.717, 1.165) is 37.9 Å². The Morgan fingerprint density at radius 3 is 2.55 bits per heavy atom. The first kappa shape index (κ1) is 25.5. The zero-order valence-corrected chi connectivity index (χ0v) is 22.9. The molecule has 1 saturated heterocycles. The molecular weight excluding hydrogens is 475 g/mol. The summed E-state index contributed by atoms with van der Waals surface area (Å²) in [5.74, 6) is 7.09. The van der Waals surface area contributed by atoms with Crippen molar-refractivity contribution in [3.05, 3.63) is 57.5 Å². The van der Waals surface area contributed by atoms with E-state index < -0.39 is 17.6 Å². The molecule has 1 aromatic rings. The number of nitrogens with zero attached hydrogens (tertiary/aromatic N) is 2. The minimum absolute atomic E-state index is 0.0831. The van der Waals surface area contributed by atoms with Crippen LogP contribution in [0, 0.1) is 39.4 Å². The lowest BCUT2D eigenvalue weighted by Gasteiger charge is -2.55. The zero-order valence-electron chi connectivity index (χ0n) is 22.9. The van der Waals surface area contributed by atoms with Crippen LogP contribution in [0.1, 0.15) is 83.6 Å². The van der Waals surface area contributed by atoms with Gasteiger partial charge < -0.3 is 4.90 Å². The molecule has 0 spiro atoms. The minimum atomic E-state index is -1.09. The maximum atomic E-state index is 15.9. The van der Waals surface area contributed by atoms with Crippen molar-refractivity contribution in [1.29, 1.82) is 0 Å². The fourth-order valence-electron chi connectivity index (χ4n) is 9.14. The van der Waals surface area contributed by atoms with Crippen molar-refractivity contribution >= 4 is 11.5 Å². The number of halogens is 1. The van der Waals surface area contributed by atoms with Gasteiger partial charge in [0.1, 0.15) is 18.0 Å². The predicted octanol–water partition coefficient (Wildman–Crippen LogP) is 7.30. The predicted molar refractivity (Wildman–Crippen MR) is 150 cm³/mol. The molecule has 0 N–H and O–H groups in total. The number of allylic oxidation sites excluding steroid dienone is 3. The highest BCUT2D eigenvalue weighted by atomic mass is 19.1. The van der Waals surface area contributed by atoms with Crippen LogP contribution < -0.4 is 4.90 Å². The number of benzene rings is 1. The number of hydrogen-bond acceptors (Lipinski definition) is 4. The van der Waals surface area contributed by atoms with Crippen LogP contribution in [0.5, 0.6) is 0 Å². The molecule has 4 aliphatic carbocycles. The minimum Gasteiger partial charge on any atom is -0.372 e. The van der Waals surface area contributed by atoms with Crippen molar-refractivity contribution < 1.29 is 9.18 Å². The number of Topliss-reactive ketones (excluding diaryl/α,β-unsaturated/α-hetero) is 1. The summed E-state index contributed by atoms with van der Waals surface area (Å²) in [5, 5.41) is 3.25. The molecule has 38 heavy (non-hydrogen) atoms. The third-order valence-corrected chi connectivity index (χ3v) is 10.9. The van der Waals surface area contributed by atoms with Crippen LogP contribution in [-0.4, -0.2) is 31.1 Å². The van der Waals surface area contributed by atoms with Crippen LogP contribution in [-0.2, 0) is 4.79 Å². The molecule has 3 unspecified atom stereocenters. The van der Waals surface area contributed by atoms with Gasteiger partial charge in [-0.05, 0) is 111 Å². The normalized spacial score (nSPS) is 37.9.